The summed E-state index contributed by atoms with van der Waals surface area (Å²) in [5.74, 6) is -0.874. The number of rotatable bonds is 58. The van der Waals surface area contributed by atoms with Crippen molar-refractivity contribution >= 4 is 17.9 Å². The zero-order chi connectivity index (χ0) is 52.2. The molecule has 0 aromatic carbocycles. The van der Waals surface area contributed by atoms with Gasteiger partial charge < -0.3 is 14.2 Å². The largest absolute Gasteiger partial charge is 0.462 e. The molecule has 0 aliphatic rings. The van der Waals surface area contributed by atoms with Crippen LogP contribution in [0.3, 0.4) is 0 Å². The highest BCUT2D eigenvalue weighted by molar-refractivity contribution is 5.71. The van der Waals surface area contributed by atoms with Gasteiger partial charge in [0.1, 0.15) is 13.2 Å². The molecule has 0 spiro atoms. The maximum Gasteiger partial charge on any atom is 0.306 e. The predicted octanol–water partition coefficient (Wildman–Crippen LogP) is 21.4. The van der Waals surface area contributed by atoms with Gasteiger partial charge in [0.05, 0.1) is 0 Å². The smallest absolute Gasteiger partial charge is 0.306 e. The maximum absolute atomic E-state index is 12.9. The quantitative estimate of drug-likeness (QED) is 0.0261. The standard InChI is InChI=1S/C66H120O6/c1-4-7-10-13-16-19-22-24-26-28-30-31-32-33-34-35-36-38-39-41-44-47-50-53-56-59-65(68)71-62-63(61-70-64(67)58-55-52-49-46-43-21-18-15-12-9-6-3)72-66(69)60-57-54-51-48-45-42-40-37-29-27-25-23-20-17-14-11-8-5-2/h15,18,22,24,27-30,63H,4-14,16-17,19-21,23,25-26,31-62H2,1-3H3/b18-15-,24-22-,29-27-,30-28-. The lowest BCUT2D eigenvalue weighted by Crippen LogP contribution is -2.30. The molecule has 0 saturated carbocycles. The summed E-state index contributed by atoms with van der Waals surface area (Å²) in [6.07, 6.45) is 75.5. The number of hydrogen-bond acceptors (Lipinski definition) is 6. The molecule has 0 amide bonds. The number of carbonyl (C=O) groups is 3. The normalized spacial score (nSPS) is 12.3. The van der Waals surface area contributed by atoms with E-state index in [0.29, 0.717) is 19.3 Å². The number of hydrogen-bond donors (Lipinski definition) is 0. The molecule has 0 aromatic rings. The second kappa shape index (κ2) is 60.9. The summed E-state index contributed by atoms with van der Waals surface area (Å²) in [6.45, 7) is 6.62. The molecule has 0 rings (SSSR count). The molecule has 72 heavy (non-hydrogen) atoms. The lowest BCUT2D eigenvalue weighted by atomic mass is 10.0. The molecular formula is C66H120O6. The fourth-order valence-electron chi connectivity index (χ4n) is 9.22. The summed E-state index contributed by atoms with van der Waals surface area (Å²) < 4.78 is 16.9. The Bertz CT molecular complexity index is 1250. The van der Waals surface area contributed by atoms with Crippen LogP contribution < -0.4 is 0 Å². The second-order valence-electron chi connectivity index (χ2n) is 21.3. The first-order valence-electron chi connectivity index (χ1n) is 31.6. The summed E-state index contributed by atoms with van der Waals surface area (Å²) in [5, 5.41) is 0. The van der Waals surface area contributed by atoms with Gasteiger partial charge in [-0.25, -0.2) is 0 Å². The van der Waals surface area contributed by atoms with Crippen molar-refractivity contribution in [2.75, 3.05) is 13.2 Å². The molecule has 0 fully saturated rings. The molecule has 0 N–H and O–H groups in total. The average molecular weight is 1010 g/mol. The van der Waals surface area contributed by atoms with E-state index < -0.39 is 6.10 Å². The van der Waals surface area contributed by atoms with E-state index in [1.165, 1.54) is 225 Å². The van der Waals surface area contributed by atoms with Crippen molar-refractivity contribution in [1.29, 1.82) is 0 Å². The molecule has 0 saturated heterocycles. The molecule has 1 unspecified atom stereocenters. The van der Waals surface area contributed by atoms with Gasteiger partial charge in [-0.05, 0) is 96.3 Å². The van der Waals surface area contributed by atoms with Crippen molar-refractivity contribution < 1.29 is 28.6 Å². The minimum atomic E-state index is -0.778. The molecule has 6 nitrogen and oxygen atoms in total. The van der Waals surface area contributed by atoms with Crippen LogP contribution in [0.1, 0.15) is 335 Å². The van der Waals surface area contributed by atoms with Gasteiger partial charge in [0.25, 0.3) is 0 Å². The number of unbranched alkanes of at least 4 members (excludes halogenated alkanes) is 39. The zero-order valence-corrected chi connectivity index (χ0v) is 48.2. The van der Waals surface area contributed by atoms with Crippen LogP contribution in [-0.4, -0.2) is 37.2 Å². The van der Waals surface area contributed by atoms with Crippen LogP contribution in [0.25, 0.3) is 0 Å². The minimum Gasteiger partial charge on any atom is -0.462 e. The topological polar surface area (TPSA) is 78.9 Å². The van der Waals surface area contributed by atoms with Crippen LogP contribution in [0, 0.1) is 0 Å². The third-order valence-electron chi connectivity index (χ3n) is 14.0. The molecule has 1 atom stereocenters. The third-order valence-corrected chi connectivity index (χ3v) is 14.0. The Hall–Kier alpha value is -2.63. The summed E-state index contributed by atoms with van der Waals surface area (Å²) in [4.78, 5) is 38.2. The van der Waals surface area contributed by atoms with Gasteiger partial charge in [0.15, 0.2) is 6.10 Å². The fourth-order valence-corrected chi connectivity index (χ4v) is 9.22. The first-order valence-corrected chi connectivity index (χ1v) is 31.6. The number of allylic oxidation sites excluding steroid dienone is 8. The van der Waals surface area contributed by atoms with E-state index in [2.05, 4.69) is 69.4 Å². The summed E-state index contributed by atoms with van der Waals surface area (Å²) in [6, 6.07) is 0. The Kier molecular flexibility index (Phi) is 58.7. The van der Waals surface area contributed by atoms with E-state index in [-0.39, 0.29) is 31.1 Å². The Morgan fingerprint density at radius 1 is 0.278 bits per heavy atom. The van der Waals surface area contributed by atoms with E-state index in [1.807, 2.05) is 0 Å². The predicted molar refractivity (Wildman–Crippen MR) is 312 cm³/mol. The highest BCUT2D eigenvalue weighted by atomic mass is 16.6. The maximum atomic E-state index is 12.9. The minimum absolute atomic E-state index is 0.0755. The summed E-state index contributed by atoms with van der Waals surface area (Å²) in [5.41, 5.74) is 0. The lowest BCUT2D eigenvalue weighted by Gasteiger charge is -2.18. The molecule has 0 aliphatic carbocycles. The van der Waals surface area contributed by atoms with E-state index in [0.717, 1.165) is 70.6 Å². The van der Waals surface area contributed by atoms with Crippen molar-refractivity contribution in [2.45, 2.75) is 341 Å². The van der Waals surface area contributed by atoms with Crippen LogP contribution in [0.15, 0.2) is 48.6 Å². The Morgan fingerprint density at radius 3 is 0.819 bits per heavy atom. The van der Waals surface area contributed by atoms with Crippen LogP contribution in [0.5, 0.6) is 0 Å². The SMILES string of the molecule is CCCC/C=C\CCCCCCCC(=O)OCC(COC(=O)CCCCCCCCCCCCCCC/C=C\C/C=C\CCCCCCC)OC(=O)CCCCCCCCC/C=C\CCCCCCCCC. The first kappa shape index (κ1) is 69.4. The first-order chi connectivity index (χ1) is 35.5. The van der Waals surface area contributed by atoms with E-state index in [9.17, 15) is 14.4 Å². The van der Waals surface area contributed by atoms with Gasteiger partial charge in [0.2, 0.25) is 0 Å². The van der Waals surface area contributed by atoms with Crippen molar-refractivity contribution in [3.05, 3.63) is 48.6 Å². The molecular weight excluding hydrogens is 889 g/mol. The number of ether oxygens (including phenoxy) is 3. The lowest BCUT2D eigenvalue weighted by molar-refractivity contribution is -0.167. The van der Waals surface area contributed by atoms with Crippen molar-refractivity contribution in [3.63, 3.8) is 0 Å². The van der Waals surface area contributed by atoms with Gasteiger partial charge in [-0.2, -0.15) is 0 Å². The van der Waals surface area contributed by atoms with Gasteiger partial charge >= 0.3 is 17.9 Å². The average Bonchev–Trinajstić information content (AvgIpc) is 3.38. The van der Waals surface area contributed by atoms with Gasteiger partial charge in [0, 0.05) is 19.3 Å². The van der Waals surface area contributed by atoms with Crippen molar-refractivity contribution in [2.24, 2.45) is 0 Å². The van der Waals surface area contributed by atoms with Crippen LogP contribution in [0.4, 0.5) is 0 Å². The number of esters is 3. The molecule has 0 heterocycles. The van der Waals surface area contributed by atoms with Crippen molar-refractivity contribution in [1.82, 2.24) is 0 Å². The van der Waals surface area contributed by atoms with Gasteiger partial charge in [-0.1, -0.05) is 268 Å². The molecule has 420 valence electrons. The monoisotopic (exact) mass is 1010 g/mol. The van der Waals surface area contributed by atoms with Crippen molar-refractivity contribution in [3.8, 4) is 0 Å². The van der Waals surface area contributed by atoms with Crippen LogP contribution in [0.2, 0.25) is 0 Å². The van der Waals surface area contributed by atoms with Crippen LogP contribution >= 0.6 is 0 Å². The molecule has 6 heteroatoms. The Labute approximate surface area is 448 Å². The second-order valence-corrected chi connectivity index (χ2v) is 21.3. The van der Waals surface area contributed by atoms with E-state index in [1.54, 1.807) is 0 Å². The Balaban J connectivity index is 4.24. The molecule has 0 radical (unpaired) electrons. The summed E-state index contributed by atoms with van der Waals surface area (Å²) in [7, 11) is 0. The molecule has 0 aliphatic heterocycles. The van der Waals surface area contributed by atoms with E-state index >= 15 is 0 Å². The fraction of sp³-hybridized carbons (Fsp3) is 0.833. The highest BCUT2D eigenvalue weighted by Crippen LogP contribution is 2.17. The van der Waals surface area contributed by atoms with Crippen LogP contribution in [-0.2, 0) is 28.6 Å². The zero-order valence-electron chi connectivity index (χ0n) is 48.2. The molecule has 0 aromatic heterocycles. The highest BCUT2D eigenvalue weighted by Gasteiger charge is 2.19. The van der Waals surface area contributed by atoms with Gasteiger partial charge in [-0.3, -0.25) is 14.4 Å². The number of carbonyl (C=O) groups excluding carboxylic acids is 3. The molecule has 0 bridgehead atoms. The van der Waals surface area contributed by atoms with Gasteiger partial charge in [-0.15, -0.1) is 0 Å². The summed E-state index contributed by atoms with van der Waals surface area (Å²) >= 11 is 0. The third kappa shape index (κ3) is 58.3. The Morgan fingerprint density at radius 2 is 0.514 bits per heavy atom. The van der Waals surface area contributed by atoms with E-state index in [4.69, 9.17) is 14.2 Å².